The molecule has 4 heteroatoms. The highest BCUT2D eigenvalue weighted by molar-refractivity contribution is 7.23. The summed E-state index contributed by atoms with van der Waals surface area (Å²) < 4.78 is 6.29. The van der Waals surface area contributed by atoms with Gasteiger partial charge in [-0.05, 0) is 102 Å². The van der Waals surface area contributed by atoms with Gasteiger partial charge in [-0.2, -0.15) is 0 Å². The molecule has 10 aromatic rings. The summed E-state index contributed by atoms with van der Waals surface area (Å²) in [6.45, 7) is 6.81. The maximum absolute atomic E-state index is 3.89. The Hall–Kier alpha value is -6.62. The minimum absolute atomic E-state index is 0.385. The topological polar surface area (TPSA) is 21.9 Å². The van der Waals surface area contributed by atoms with Crippen molar-refractivity contribution in [2.75, 3.05) is 5.32 Å². The lowest BCUT2D eigenvalue weighted by atomic mass is 9.93. The summed E-state index contributed by atoms with van der Waals surface area (Å²) in [4.78, 5) is 0. The number of fused-ring (bicyclic) bond motifs is 7. The lowest BCUT2D eigenvalue weighted by Gasteiger charge is -2.21. The minimum Gasteiger partial charge on any atom is -0.346 e. The number of nitrogens with zero attached hydrogens (tertiary/aromatic N) is 2. The first kappa shape index (κ1) is 34.6. The van der Waals surface area contributed by atoms with Crippen LogP contribution in [0.15, 0.2) is 164 Å². The van der Waals surface area contributed by atoms with E-state index in [1.54, 1.807) is 0 Å². The van der Waals surface area contributed by atoms with Crippen molar-refractivity contribution in [2.45, 2.75) is 39.5 Å². The highest BCUT2D eigenvalue weighted by atomic mass is 32.1. The molecular formula is C54H43N3S. The monoisotopic (exact) mass is 765 g/mol. The van der Waals surface area contributed by atoms with Crippen LogP contribution in [-0.4, -0.2) is 9.13 Å². The van der Waals surface area contributed by atoms with Gasteiger partial charge in [-0.25, -0.2) is 0 Å². The molecule has 0 bridgehead atoms. The first-order valence-electron chi connectivity index (χ1n) is 20.5. The van der Waals surface area contributed by atoms with Gasteiger partial charge in [-0.15, -0.1) is 11.3 Å². The molecule has 0 aliphatic heterocycles. The Morgan fingerprint density at radius 3 is 2.00 bits per heavy atom. The summed E-state index contributed by atoms with van der Waals surface area (Å²) in [5.41, 5.74) is 17.4. The Balaban J connectivity index is 1.20. The third-order valence-corrected chi connectivity index (χ3v) is 13.4. The molecule has 7 aromatic carbocycles. The molecule has 0 fully saturated rings. The van der Waals surface area contributed by atoms with Gasteiger partial charge in [0.25, 0.3) is 0 Å². The second kappa shape index (κ2) is 13.8. The zero-order valence-corrected chi connectivity index (χ0v) is 33.8. The van der Waals surface area contributed by atoms with E-state index in [4.69, 9.17) is 0 Å². The van der Waals surface area contributed by atoms with Crippen molar-refractivity contribution in [1.82, 2.24) is 9.13 Å². The summed E-state index contributed by atoms with van der Waals surface area (Å²) in [5.74, 6) is 0.385. The number of rotatable bonds is 7. The van der Waals surface area contributed by atoms with E-state index in [1.165, 1.54) is 98.1 Å². The van der Waals surface area contributed by atoms with Crippen molar-refractivity contribution >= 4 is 70.9 Å². The van der Waals surface area contributed by atoms with Crippen molar-refractivity contribution in [3.8, 4) is 33.6 Å². The molecule has 58 heavy (non-hydrogen) atoms. The molecule has 1 atom stereocenters. The Kier molecular flexibility index (Phi) is 8.23. The van der Waals surface area contributed by atoms with Crippen LogP contribution < -0.4 is 5.32 Å². The second-order valence-electron chi connectivity index (χ2n) is 15.8. The van der Waals surface area contributed by atoms with Gasteiger partial charge >= 0.3 is 0 Å². The van der Waals surface area contributed by atoms with Gasteiger partial charge < -0.3 is 14.5 Å². The number of thiophene rings is 1. The van der Waals surface area contributed by atoms with Crippen LogP contribution in [0.1, 0.15) is 48.6 Å². The smallest absolute Gasteiger partial charge is 0.102 e. The number of aromatic nitrogens is 2. The molecule has 280 valence electrons. The van der Waals surface area contributed by atoms with Crippen LogP contribution in [0.25, 0.3) is 82.5 Å². The Bertz CT molecular complexity index is 3210. The number of nitrogens with one attached hydrogen (secondary N) is 1. The molecule has 0 saturated carbocycles. The quantitative estimate of drug-likeness (QED) is 0.171. The molecule has 1 N–H and O–H groups in total. The molecular weight excluding hydrogens is 723 g/mol. The number of allylic oxidation sites excluding steroid dienone is 1. The van der Waals surface area contributed by atoms with Gasteiger partial charge in [0.15, 0.2) is 0 Å². The van der Waals surface area contributed by atoms with Crippen LogP contribution in [-0.2, 0) is 6.42 Å². The minimum atomic E-state index is 0.385. The fourth-order valence-electron chi connectivity index (χ4n) is 9.49. The standard InChI is InChI=1S/C54H43N3S/c1-4-36-18-6-7-19-41(36)52-46-32-37(28-29-51(46)58-54(52)55-47-24-11-5-16-34(47)2)38-30-39(56-48-25-12-8-20-42(48)43-21-9-13-26-49(43)56)33-40(31-38)57-50-27-14-10-22-44(50)45-23-15-17-35(3)53(45)57/h5-16,18-33,35,55H,4,17H2,1-3H3. The molecule has 0 amide bonds. The lowest BCUT2D eigenvalue weighted by molar-refractivity contribution is 0.723. The average molecular weight is 766 g/mol. The van der Waals surface area contributed by atoms with E-state index in [0.29, 0.717) is 5.92 Å². The molecule has 3 nitrogen and oxygen atoms in total. The molecule has 1 aliphatic carbocycles. The Labute approximate surface area is 343 Å². The van der Waals surface area contributed by atoms with Crippen molar-refractivity contribution in [3.05, 3.63) is 186 Å². The molecule has 11 rings (SSSR count). The van der Waals surface area contributed by atoms with Crippen LogP contribution in [0.3, 0.4) is 0 Å². The third-order valence-electron chi connectivity index (χ3n) is 12.3. The predicted octanol–water partition coefficient (Wildman–Crippen LogP) is 15.4. The van der Waals surface area contributed by atoms with Crippen LogP contribution in [0, 0.1) is 6.92 Å². The lowest BCUT2D eigenvalue weighted by Crippen LogP contribution is -2.08. The van der Waals surface area contributed by atoms with Crippen LogP contribution in [0.2, 0.25) is 0 Å². The van der Waals surface area contributed by atoms with Gasteiger partial charge in [0.05, 0.1) is 16.6 Å². The van der Waals surface area contributed by atoms with E-state index in [2.05, 4.69) is 205 Å². The van der Waals surface area contributed by atoms with Crippen LogP contribution in [0.4, 0.5) is 10.7 Å². The zero-order valence-electron chi connectivity index (χ0n) is 33.0. The molecule has 3 heterocycles. The van der Waals surface area contributed by atoms with Crippen LogP contribution in [0.5, 0.6) is 0 Å². The van der Waals surface area contributed by atoms with Gasteiger partial charge in [-0.1, -0.05) is 129 Å². The number of hydrogen-bond acceptors (Lipinski definition) is 2. The van der Waals surface area contributed by atoms with Crippen LogP contribution >= 0.6 is 11.3 Å². The first-order chi connectivity index (χ1) is 28.6. The van der Waals surface area contributed by atoms with E-state index in [0.717, 1.165) is 24.2 Å². The number of benzene rings is 7. The first-order valence-corrected chi connectivity index (χ1v) is 21.3. The average Bonchev–Trinajstić information content (AvgIpc) is 3.92. The maximum Gasteiger partial charge on any atom is 0.102 e. The van der Waals surface area contributed by atoms with Gasteiger partial charge in [0.1, 0.15) is 5.00 Å². The maximum atomic E-state index is 3.89. The van der Waals surface area contributed by atoms with E-state index in [1.807, 2.05) is 11.3 Å². The van der Waals surface area contributed by atoms with E-state index in [9.17, 15) is 0 Å². The Morgan fingerprint density at radius 1 is 0.621 bits per heavy atom. The highest BCUT2D eigenvalue weighted by Gasteiger charge is 2.25. The van der Waals surface area contributed by atoms with Gasteiger partial charge in [-0.3, -0.25) is 0 Å². The summed E-state index contributed by atoms with van der Waals surface area (Å²) in [7, 11) is 0. The molecule has 3 aromatic heterocycles. The molecule has 1 aliphatic rings. The van der Waals surface area contributed by atoms with Gasteiger partial charge in [0, 0.05) is 66.0 Å². The normalized spacial score (nSPS) is 13.9. The zero-order chi connectivity index (χ0) is 38.9. The second-order valence-corrected chi connectivity index (χ2v) is 16.8. The van der Waals surface area contributed by atoms with E-state index < -0.39 is 0 Å². The molecule has 1 unspecified atom stereocenters. The predicted molar refractivity (Wildman–Crippen MR) is 250 cm³/mol. The van der Waals surface area contributed by atoms with Crippen molar-refractivity contribution < 1.29 is 0 Å². The van der Waals surface area contributed by atoms with Crippen molar-refractivity contribution in [2.24, 2.45) is 0 Å². The number of para-hydroxylation sites is 4. The molecule has 0 saturated heterocycles. The highest BCUT2D eigenvalue weighted by Crippen LogP contribution is 2.48. The third kappa shape index (κ3) is 5.47. The number of hydrogen-bond donors (Lipinski definition) is 1. The van der Waals surface area contributed by atoms with Crippen molar-refractivity contribution in [3.63, 3.8) is 0 Å². The summed E-state index contributed by atoms with van der Waals surface area (Å²) in [6, 6.07) is 58.5. The van der Waals surface area contributed by atoms with Crippen molar-refractivity contribution in [1.29, 1.82) is 0 Å². The van der Waals surface area contributed by atoms with E-state index >= 15 is 0 Å². The largest absolute Gasteiger partial charge is 0.346 e. The Morgan fingerprint density at radius 2 is 1.26 bits per heavy atom. The molecule has 0 radical (unpaired) electrons. The summed E-state index contributed by atoms with van der Waals surface area (Å²) in [6.07, 6.45) is 6.67. The van der Waals surface area contributed by atoms with Gasteiger partial charge in [0.2, 0.25) is 0 Å². The fourth-order valence-corrected chi connectivity index (χ4v) is 10.6. The fraction of sp³-hybridized carbons (Fsp3) is 0.111. The summed E-state index contributed by atoms with van der Waals surface area (Å²) >= 11 is 1.84. The summed E-state index contributed by atoms with van der Waals surface area (Å²) in [5, 5.41) is 10.2. The molecule has 0 spiro atoms. The van der Waals surface area contributed by atoms with E-state index in [-0.39, 0.29) is 0 Å². The number of anilines is 2. The SMILES string of the molecule is CCc1ccccc1-c1c(Nc2ccccc2C)sc2ccc(-c3cc(-n4c5c(c6ccccc64)C=CCC5C)cc(-n4c5ccccc5c5ccccc54)c3)cc12. The number of aryl methyl sites for hydroxylation is 2.